The highest BCUT2D eigenvalue weighted by Gasteiger charge is 2.34. The van der Waals surface area contributed by atoms with E-state index in [0.29, 0.717) is 6.54 Å². The topological polar surface area (TPSA) is 75.5 Å². The zero-order valence-corrected chi connectivity index (χ0v) is 22.0. The van der Waals surface area contributed by atoms with Crippen LogP contribution in [0.5, 0.6) is 0 Å². The number of H-pyrrole nitrogens is 1. The van der Waals surface area contributed by atoms with Crippen molar-refractivity contribution in [3.63, 3.8) is 0 Å². The molecule has 188 valence electrons. The molecule has 6 rings (SSSR count). The lowest BCUT2D eigenvalue weighted by Gasteiger charge is -2.27. The molecule has 1 saturated heterocycles. The molecule has 1 aliphatic heterocycles. The van der Waals surface area contributed by atoms with Crippen LogP contribution >= 0.6 is 11.3 Å². The number of benzene rings is 2. The largest absolute Gasteiger partial charge is 0.444 e. The van der Waals surface area contributed by atoms with Gasteiger partial charge < -0.3 is 9.72 Å². The van der Waals surface area contributed by atoms with E-state index in [4.69, 9.17) is 9.72 Å². The number of carbonyl (C=O) groups excluding carboxylic acids is 1. The molecule has 1 aliphatic rings. The third-order valence-corrected chi connectivity index (χ3v) is 7.40. The molecule has 1 atom stereocenters. The van der Waals surface area contributed by atoms with E-state index in [2.05, 4.69) is 74.5 Å². The SMILES string of the molecule is CC(C)(C)OC(=O)N1CCC[C@H]1c1ncc(-c2ccc(-c3cn4c(-c5ccccc5)csc4n3)cc2)[nH]1. The average molecular weight is 512 g/mol. The van der Waals surface area contributed by atoms with Gasteiger partial charge in [-0.05, 0) is 44.7 Å². The Balaban J connectivity index is 1.21. The van der Waals surface area contributed by atoms with Crippen molar-refractivity contribution in [2.24, 2.45) is 0 Å². The fourth-order valence-corrected chi connectivity index (χ4v) is 5.69. The number of carbonyl (C=O) groups is 1. The lowest BCUT2D eigenvalue weighted by molar-refractivity contribution is 0.0218. The summed E-state index contributed by atoms with van der Waals surface area (Å²) in [6.45, 7) is 6.34. The highest BCUT2D eigenvalue weighted by atomic mass is 32.1. The molecule has 4 heterocycles. The van der Waals surface area contributed by atoms with Gasteiger partial charge in [-0.3, -0.25) is 9.30 Å². The van der Waals surface area contributed by atoms with E-state index in [9.17, 15) is 4.79 Å². The van der Waals surface area contributed by atoms with Crippen molar-refractivity contribution in [3.8, 4) is 33.8 Å². The fourth-order valence-electron chi connectivity index (χ4n) is 4.80. The maximum atomic E-state index is 12.7. The van der Waals surface area contributed by atoms with E-state index >= 15 is 0 Å². The summed E-state index contributed by atoms with van der Waals surface area (Å²) in [7, 11) is 0. The van der Waals surface area contributed by atoms with Crippen molar-refractivity contribution in [1.82, 2.24) is 24.3 Å². The summed E-state index contributed by atoms with van der Waals surface area (Å²) >= 11 is 1.65. The second-order valence-corrected chi connectivity index (χ2v) is 11.2. The van der Waals surface area contributed by atoms with Crippen LogP contribution in [0.4, 0.5) is 4.79 Å². The van der Waals surface area contributed by atoms with Crippen molar-refractivity contribution in [3.05, 3.63) is 78.2 Å². The second-order valence-electron chi connectivity index (χ2n) is 10.4. The van der Waals surface area contributed by atoms with E-state index in [1.54, 1.807) is 16.2 Å². The van der Waals surface area contributed by atoms with Crippen LogP contribution in [-0.4, -0.2) is 42.5 Å². The maximum Gasteiger partial charge on any atom is 0.410 e. The summed E-state index contributed by atoms with van der Waals surface area (Å²) in [5.41, 5.74) is 5.77. The van der Waals surface area contributed by atoms with Gasteiger partial charge in [0.25, 0.3) is 0 Å². The number of aromatic nitrogens is 4. The molecule has 0 bridgehead atoms. The van der Waals surface area contributed by atoms with Gasteiger partial charge in [-0.2, -0.15) is 0 Å². The van der Waals surface area contributed by atoms with E-state index in [1.165, 1.54) is 5.56 Å². The number of ether oxygens (including phenoxy) is 1. The number of rotatable bonds is 4. The molecule has 1 amide bonds. The zero-order valence-electron chi connectivity index (χ0n) is 21.1. The van der Waals surface area contributed by atoms with Crippen LogP contribution in [-0.2, 0) is 4.74 Å². The Bertz CT molecular complexity index is 1540. The predicted molar refractivity (Wildman–Crippen MR) is 146 cm³/mol. The molecule has 8 heteroatoms. The van der Waals surface area contributed by atoms with E-state index < -0.39 is 5.60 Å². The molecule has 1 N–H and O–H groups in total. The number of nitrogens with zero attached hydrogens (tertiary/aromatic N) is 4. The van der Waals surface area contributed by atoms with Crippen molar-refractivity contribution in [2.75, 3.05) is 6.54 Å². The van der Waals surface area contributed by atoms with Gasteiger partial charge in [0.1, 0.15) is 11.4 Å². The number of likely N-dealkylation sites (tertiary alicyclic amines) is 1. The third-order valence-electron chi connectivity index (χ3n) is 6.56. The lowest BCUT2D eigenvalue weighted by Crippen LogP contribution is -2.36. The number of thiazole rings is 1. The molecule has 37 heavy (non-hydrogen) atoms. The molecule has 0 radical (unpaired) electrons. The number of amides is 1. The Morgan fingerprint density at radius 3 is 2.57 bits per heavy atom. The molecule has 7 nitrogen and oxygen atoms in total. The summed E-state index contributed by atoms with van der Waals surface area (Å²) in [5, 5.41) is 2.15. The Kier molecular flexibility index (Phi) is 5.83. The highest BCUT2D eigenvalue weighted by Crippen LogP contribution is 2.34. The quantitative estimate of drug-likeness (QED) is 0.277. The van der Waals surface area contributed by atoms with E-state index in [0.717, 1.165) is 51.8 Å². The molecule has 0 saturated carbocycles. The normalized spacial score (nSPS) is 16.0. The first-order valence-corrected chi connectivity index (χ1v) is 13.4. The van der Waals surface area contributed by atoms with Crippen LogP contribution in [0.2, 0.25) is 0 Å². The first kappa shape index (κ1) is 23.5. The number of hydrogen-bond acceptors (Lipinski definition) is 5. The zero-order chi connectivity index (χ0) is 25.6. The van der Waals surface area contributed by atoms with Gasteiger partial charge in [0.2, 0.25) is 0 Å². The van der Waals surface area contributed by atoms with Gasteiger partial charge in [0, 0.05) is 23.7 Å². The van der Waals surface area contributed by atoms with Crippen LogP contribution in [0.1, 0.15) is 45.5 Å². The van der Waals surface area contributed by atoms with Crippen molar-refractivity contribution < 1.29 is 9.53 Å². The van der Waals surface area contributed by atoms with Gasteiger partial charge in [-0.25, -0.2) is 14.8 Å². The predicted octanol–water partition coefficient (Wildman–Crippen LogP) is 7.19. The number of aromatic amines is 1. The molecule has 0 unspecified atom stereocenters. The van der Waals surface area contributed by atoms with Gasteiger partial charge in [-0.1, -0.05) is 54.6 Å². The molecular weight excluding hydrogens is 482 g/mol. The van der Waals surface area contributed by atoms with Crippen molar-refractivity contribution in [2.45, 2.75) is 45.3 Å². The Hall–Kier alpha value is -3.91. The Labute approximate surface area is 219 Å². The molecule has 0 aliphatic carbocycles. The first-order chi connectivity index (χ1) is 17.9. The summed E-state index contributed by atoms with van der Waals surface area (Å²) in [4.78, 5) is 28.4. The minimum absolute atomic E-state index is 0.0971. The molecule has 3 aromatic heterocycles. The number of imidazole rings is 2. The standard InChI is InChI=1S/C29H29N5O2S/c1-29(2,3)36-28(35)33-15-7-10-24(33)26-30-16-22(31-26)19-11-13-20(14-12-19)23-17-34-25(18-37-27(34)32-23)21-8-5-4-6-9-21/h4-6,8-9,11-14,16-18,24H,7,10,15H2,1-3H3,(H,30,31)/t24-/m0/s1. The molecule has 0 spiro atoms. The smallest absolute Gasteiger partial charge is 0.410 e. The summed E-state index contributed by atoms with van der Waals surface area (Å²) in [6.07, 6.45) is 5.46. The first-order valence-electron chi connectivity index (χ1n) is 12.5. The molecule has 5 aromatic rings. The Morgan fingerprint density at radius 2 is 1.81 bits per heavy atom. The lowest BCUT2D eigenvalue weighted by atomic mass is 10.1. The Morgan fingerprint density at radius 1 is 1.05 bits per heavy atom. The summed E-state index contributed by atoms with van der Waals surface area (Å²) in [5.74, 6) is 0.796. The van der Waals surface area contributed by atoms with Crippen LogP contribution in [0.15, 0.2) is 72.4 Å². The van der Waals surface area contributed by atoms with Gasteiger partial charge in [-0.15, -0.1) is 11.3 Å². The second kappa shape index (κ2) is 9.19. The number of fused-ring (bicyclic) bond motifs is 1. The average Bonchev–Trinajstić information content (AvgIpc) is 3.67. The summed E-state index contributed by atoms with van der Waals surface area (Å²) < 4.78 is 7.76. The molecular formula is C29H29N5O2S. The number of hydrogen-bond donors (Lipinski definition) is 1. The summed E-state index contributed by atoms with van der Waals surface area (Å²) in [6, 6.07) is 18.6. The van der Waals surface area contributed by atoms with Crippen LogP contribution in [0.3, 0.4) is 0 Å². The molecule has 1 fully saturated rings. The van der Waals surface area contributed by atoms with Crippen molar-refractivity contribution >= 4 is 22.4 Å². The fraction of sp³-hybridized carbons (Fsp3) is 0.276. The van der Waals surface area contributed by atoms with E-state index in [-0.39, 0.29) is 12.1 Å². The maximum absolute atomic E-state index is 12.7. The monoisotopic (exact) mass is 511 g/mol. The van der Waals surface area contributed by atoms with Gasteiger partial charge >= 0.3 is 6.09 Å². The van der Waals surface area contributed by atoms with Crippen LogP contribution < -0.4 is 0 Å². The van der Waals surface area contributed by atoms with Gasteiger partial charge in [0.05, 0.1) is 29.3 Å². The molecule has 2 aromatic carbocycles. The van der Waals surface area contributed by atoms with Gasteiger partial charge in [0.15, 0.2) is 4.96 Å². The van der Waals surface area contributed by atoms with Crippen LogP contribution in [0.25, 0.3) is 38.7 Å². The van der Waals surface area contributed by atoms with Crippen LogP contribution in [0, 0.1) is 0 Å². The third kappa shape index (κ3) is 4.64. The number of nitrogens with one attached hydrogen (secondary N) is 1. The van der Waals surface area contributed by atoms with E-state index in [1.807, 2.05) is 33.0 Å². The minimum Gasteiger partial charge on any atom is -0.444 e. The van der Waals surface area contributed by atoms with Crippen molar-refractivity contribution in [1.29, 1.82) is 0 Å². The highest BCUT2D eigenvalue weighted by molar-refractivity contribution is 7.15. The minimum atomic E-state index is -0.520.